The minimum absolute atomic E-state index is 0.101. The number of amides is 1. The third-order valence-electron chi connectivity index (χ3n) is 5.05. The summed E-state index contributed by atoms with van der Waals surface area (Å²) in [5.41, 5.74) is 2.51. The van der Waals surface area contributed by atoms with Crippen molar-refractivity contribution in [2.75, 3.05) is 13.2 Å². The lowest BCUT2D eigenvalue weighted by Crippen LogP contribution is -2.25. The molecule has 1 fully saturated rings. The highest BCUT2D eigenvalue weighted by Gasteiger charge is 2.23. The number of nitrogens with one attached hydrogen (secondary N) is 1. The maximum atomic E-state index is 12.6. The number of carbonyl (C=O) groups is 1. The molecule has 1 aromatic carbocycles. The number of para-hydroxylation sites is 1. The number of hydrogen-bond acceptors (Lipinski definition) is 4. The Kier molecular flexibility index (Phi) is 4.34. The second-order valence-electron chi connectivity index (χ2n) is 6.65. The molecule has 1 aromatic heterocycles. The first-order valence-corrected chi connectivity index (χ1v) is 8.94. The molecule has 1 saturated carbocycles. The zero-order valence-corrected chi connectivity index (χ0v) is 14.5. The van der Waals surface area contributed by atoms with E-state index < -0.39 is 0 Å². The van der Waals surface area contributed by atoms with E-state index in [4.69, 9.17) is 9.47 Å². The van der Waals surface area contributed by atoms with Gasteiger partial charge in [0.1, 0.15) is 13.2 Å². The van der Waals surface area contributed by atoms with Crippen LogP contribution in [0.15, 0.2) is 24.4 Å². The van der Waals surface area contributed by atoms with Crippen molar-refractivity contribution >= 4 is 5.91 Å². The summed E-state index contributed by atoms with van der Waals surface area (Å²) in [6.07, 6.45) is 6.47. The van der Waals surface area contributed by atoms with Crippen LogP contribution in [0.3, 0.4) is 0 Å². The molecular weight excluding hydrogens is 318 g/mol. The van der Waals surface area contributed by atoms with Gasteiger partial charge >= 0.3 is 0 Å². The number of benzene rings is 1. The van der Waals surface area contributed by atoms with Gasteiger partial charge in [-0.1, -0.05) is 25.0 Å². The highest BCUT2D eigenvalue weighted by atomic mass is 16.6. The molecular formula is C19H23N3O3. The lowest BCUT2D eigenvalue weighted by Gasteiger charge is -2.21. The minimum atomic E-state index is -0.101. The third-order valence-corrected chi connectivity index (χ3v) is 5.05. The Morgan fingerprint density at radius 3 is 2.92 bits per heavy atom. The predicted molar refractivity (Wildman–Crippen MR) is 93.1 cm³/mol. The summed E-state index contributed by atoms with van der Waals surface area (Å²) >= 11 is 0. The van der Waals surface area contributed by atoms with Crippen LogP contribution in [0.25, 0.3) is 0 Å². The molecule has 1 N–H and O–H groups in total. The quantitative estimate of drug-likeness (QED) is 0.928. The van der Waals surface area contributed by atoms with Crippen molar-refractivity contribution < 1.29 is 14.3 Å². The zero-order valence-electron chi connectivity index (χ0n) is 14.5. The Morgan fingerprint density at radius 2 is 2.08 bits per heavy atom. The largest absolute Gasteiger partial charge is 0.486 e. The zero-order chi connectivity index (χ0) is 17.2. The van der Waals surface area contributed by atoms with Gasteiger partial charge in [-0.2, -0.15) is 5.10 Å². The number of ether oxygens (including phenoxy) is 2. The molecule has 0 saturated heterocycles. The third kappa shape index (κ3) is 3.08. The SMILES string of the molecule is Cc1c(C(=O)NCc2cccc3c2OCCO3)cnn1C1CCCC1. The van der Waals surface area contributed by atoms with Crippen LogP contribution in [0.5, 0.6) is 11.5 Å². The van der Waals surface area contributed by atoms with Crippen LogP contribution in [0.4, 0.5) is 0 Å². The van der Waals surface area contributed by atoms with E-state index in [9.17, 15) is 4.79 Å². The molecule has 2 aliphatic rings. The normalized spacial score (nSPS) is 16.8. The van der Waals surface area contributed by atoms with Gasteiger partial charge < -0.3 is 14.8 Å². The Morgan fingerprint density at radius 1 is 1.28 bits per heavy atom. The summed E-state index contributed by atoms with van der Waals surface area (Å²) in [6.45, 7) is 3.47. The van der Waals surface area contributed by atoms with Crippen LogP contribution in [0.2, 0.25) is 0 Å². The molecule has 132 valence electrons. The highest BCUT2D eigenvalue weighted by Crippen LogP contribution is 2.33. The van der Waals surface area contributed by atoms with Gasteiger partial charge in [0.25, 0.3) is 5.91 Å². The Labute approximate surface area is 147 Å². The standard InChI is InChI=1S/C19H23N3O3/c1-13-16(12-21-22(13)15-6-2-3-7-15)19(23)20-11-14-5-4-8-17-18(14)25-10-9-24-17/h4-5,8,12,15H,2-3,6-7,9-11H2,1H3,(H,20,23). The number of aromatic nitrogens is 2. The van der Waals surface area contributed by atoms with Crippen LogP contribution in [0, 0.1) is 6.92 Å². The molecule has 0 atom stereocenters. The van der Waals surface area contributed by atoms with Crippen molar-refractivity contribution in [1.82, 2.24) is 15.1 Å². The molecule has 6 heteroatoms. The van der Waals surface area contributed by atoms with Crippen molar-refractivity contribution in [3.63, 3.8) is 0 Å². The van der Waals surface area contributed by atoms with Crippen molar-refractivity contribution in [2.24, 2.45) is 0 Å². The van der Waals surface area contributed by atoms with E-state index in [1.807, 2.05) is 29.8 Å². The lowest BCUT2D eigenvalue weighted by atomic mass is 10.1. The molecule has 2 aromatic rings. The number of hydrogen-bond donors (Lipinski definition) is 1. The molecule has 1 aliphatic heterocycles. The Balaban J connectivity index is 1.46. The van der Waals surface area contributed by atoms with Crippen LogP contribution in [-0.2, 0) is 6.54 Å². The molecule has 4 rings (SSSR count). The Hall–Kier alpha value is -2.50. The first kappa shape index (κ1) is 16.0. The van der Waals surface area contributed by atoms with Gasteiger partial charge in [-0.3, -0.25) is 9.48 Å². The van der Waals surface area contributed by atoms with E-state index in [1.165, 1.54) is 12.8 Å². The van der Waals surface area contributed by atoms with Crippen LogP contribution >= 0.6 is 0 Å². The summed E-state index contributed by atoms with van der Waals surface area (Å²) < 4.78 is 13.3. The average Bonchev–Trinajstić information content (AvgIpc) is 3.29. The van der Waals surface area contributed by atoms with E-state index in [0.29, 0.717) is 31.4 Å². The van der Waals surface area contributed by atoms with Crippen molar-refractivity contribution in [1.29, 1.82) is 0 Å². The number of nitrogens with zero attached hydrogens (tertiary/aromatic N) is 2. The maximum Gasteiger partial charge on any atom is 0.255 e. The van der Waals surface area contributed by atoms with E-state index >= 15 is 0 Å². The smallest absolute Gasteiger partial charge is 0.255 e. The summed E-state index contributed by atoms with van der Waals surface area (Å²) in [5, 5.41) is 7.44. The van der Waals surface area contributed by atoms with Gasteiger partial charge in [-0.05, 0) is 25.8 Å². The van der Waals surface area contributed by atoms with Gasteiger partial charge in [0.05, 0.1) is 17.8 Å². The summed E-state index contributed by atoms with van der Waals surface area (Å²) in [5.74, 6) is 1.37. The molecule has 2 heterocycles. The van der Waals surface area contributed by atoms with Crippen molar-refractivity contribution in [3.05, 3.63) is 41.2 Å². The molecule has 1 aliphatic carbocycles. The maximum absolute atomic E-state index is 12.6. The fraction of sp³-hybridized carbons (Fsp3) is 0.474. The Bertz CT molecular complexity index is 778. The highest BCUT2D eigenvalue weighted by molar-refractivity contribution is 5.95. The molecule has 6 nitrogen and oxygen atoms in total. The van der Waals surface area contributed by atoms with Crippen LogP contribution in [0.1, 0.15) is 53.3 Å². The summed E-state index contributed by atoms with van der Waals surface area (Å²) in [6, 6.07) is 6.18. The van der Waals surface area contributed by atoms with E-state index in [2.05, 4.69) is 10.4 Å². The topological polar surface area (TPSA) is 65.4 Å². The fourth-order valence-corrected chi connectivity index (χ4v) is 3.71. The van der Waals surface area contributed by atoms with Gasteiger partial charge in [0.15, 0.2) is 11.5 Å². The lowest BCUT2D eigenvalue weighted by molar-refractivity contribution is 0.0949. The molecule has 1 amide bonds. The minimum Gasteiger partial charge on any atom is -0.486 e. The first-order valence-electron chi connectivity index (χ1n) is 8.94. The van der Waals surface area contributed by atoms with Gasteiger partial charge in [0.2, 0.25) is 0 Å². The molecule has 25 heavy (non-hydrogen) atoms. The predicted octanol–water partition coefficient (Wildman–Crippen LogP) is 3.01. The second-order valence-corrected chi connectivity index (χ2v) is 6.65. The first-order chi connectivity index (χ1) is 12.2. The van der Waals surface area contributed by atoms with Gasteiger partial charge in [0, 0.05) is 17.8 Å². The summed E-state index contributed by atoms with van der Waals surface area (Å²) in [7, 11) is 0. The number of carbonyl (C=O) groups excluding carboxylic acids is 1. The van der Waals surface area contributed by atoms with Crippen molar-refractivity contribution in [2.45, 2.75) is 45.2 Å². The van der Waals surface area contributed by atoms with Crippen LogP contribution < -0.4 is 14.8 Å². The number of fused-ring (bicyclic) bond motifs is 1. The second kappa shape index (κ2) is 6.78. The van der Waals surface area contributed by atoms with E-state index in [0.717, 1.165) is 35.6 Å². The van der Waals surface area contributed by atoms with Crippen molar-refractivity contribution in [3.8, 4) is 11.5 Å². The fourth-order valence-electron chi connectivity index (χ4n) is 3.71. The number of rotatable bonds is 4. The molecule has 0 spiro atoms. The molecule has 0 unspecified atom stereocenters. The monoisotopic (exact) mass is 341 g/mol. The van der Waals surface area contributed by atoms with Gasteiger partial charge in [-0.15, -0.1) is 0 Å². The summed E-state index contributed by atoms with van der Waals surface area (Å²) in [4.78, 5) is 12.6. The average molecular weight is 341 g/mol. The van der Waals surface area contributed by atoms with E-state index in [-0.39, 0.29) is 5.91 Å². The van der Waals surface area contributed by atoms with E-state index in [1.54, 1.807) is 6.20 Å². The van der Waals surface area contributed by atoms with Crippen LogP contribution in [-0.4, -0.2) is 28.9 Å². The molecule has 0 radical (unpaired) electrons. The molecule has 0 bridgehead atoms. The van der Waals surface area contributed by atoms with Gasteiger partial charge in [-0.25, -0.2) is 0 Å².